The number of hydrogen-bond donors (Lipinski definition) is 1. The Balaban J connectivity index is 1.90. The molecule has 2 aromatic rings. The fourth-order valence-corrected chi connectivity index (χ4v) is 2.80. The molecule has 1 atom stereocenters. The van der Waals surface area contributed by atoms with Crippen LogP contribution in [0.5, 0.6) is 0 Å². The number of aromatic carboxylic acids is 1. The summed E-state index contributed by atoms with van der Waals surface area (Å²) in [5.74, 6) is -1.11. The molecular weight excluding hydrogens is 310 g/mol. The third kappa shape index (κ3) is 3.30. The van der Waals surface area contributed by atoms with Gasteiger partial charge in [-0.2, -0.15) is 5.10 Å². The summed E-state index contributed by atoms with van der Waals surface area (Å²) in [6.45, 7) is 1.94. The first-order valence-electron chi connectivity index (χ1n) is 7.78. The summed E-state index contributed by atoms with van der Waals surface area (Å²) in [7, 11) is 1.71. The van der Waals surface area contributed by atoms with Crippen LogP contribution in [0.2, 0.25) is 0 Å². The number of para-hydroxylation sites is 1. The fraction of sp³-hybridized carbons (Fsp3) is 0.353. The van der Waals surface area contributed by atoms with Crippen molar-refractivity contribution in [2.45, 2.75) is 6.42 Å². The number of aromatic nitrogens is 2. The molecule has 7 heteroatoms. The number of benzene rings is 1. The smallest absolute Gasteiger partial charge is 0.356 e. The van der Waals surface area contributed by atoms with Crippen molar-refractivity contribution >= 4 is 11.9 Å². The first-order valence-corrected chi connectivity index (χ1v) is 7.78. The molecule has 7 nitrogen and oxygen atoms in total. The lowest BCUT2D eigenvalue weighted by Crippen LogP contribution is -2.33. The van der Waals surface area contributed by atoms with Gasteiger partial charge in [0.05, 0.1) is 12.3 Å². The molecule has 0 spiro atoms. The fourth-order valence-electron chi connectivity index (χ4n) is 2.80. The number of rotatable bonds is 5. The van der Waals surface area contributed by atoms with Crippen molar-refractivity contribution in [3.8, 4) is 5.69 Å². The SMILES string of the molecule is CN(C[C@@H]1CCOC1)C(=O)c1cc(C(=O)O)nn1-c1ccccc1. The van der Waals surface area contributed by atoms with Gasteiger partial charge in [0, 0.05) is 32.2 Å². The molecule has 3 rings (SSSR count). The van der Waals surface area contributed by atoms with E-state index in [1.165, 1.54) is 10.7 Å². The lowest BCUT2D eigenvalue weighted by molar-refractivity contribution is 0.0689. The Labute approximate surface area is 139 Å². The maximum atomic E-state index is 12.8. The lowest BCUT2D eigenvalue weighted by Gasteiger charge is -2.20. The van der Waals surface area contributed by atoms with E-state index in [0.29, 0.717) is 24.8 Å². The van der Waals surface area contributed by atoms with Gasteiger partial charge in [-0.3, -0.25) is 4.79 Å². The monoisotopic (exact) mass is 329 g/mol. The van der Waals surface area contributed by atoms with Crippen molar-refractivity contribution in [3.63, 3.8) is 0 Å². The predicted octanol–water partition coefficient (Wildman–Crippen LogP) is 1.68. The molecule has 24 heavy (non-hydrogen) atoms. The van der Waals surface area contributed by atoms with Crippen LogP contribution in [0.25, 0.3) is 5.69 Å². The second-order valence-electron chi connectivity index (χ2n) is 5.88. The van der Waals surface area contributed by atoms with Gasteiger partial charge in [0.25, 0.3) is 5.91 Å². The molecule has 1 N–H and O–H groups in total. The van der Waals surface area contributed by atoms with Gasteiger partial charge >= 0.3 is 5.97 Å². The van der Waals surface area contributed by atoms with Crippen LogP contribution >= 0.6 is 0 Å². The third-order valence-electron chi connectivity index (χ3n) is 4.05. The van der Waals surface area contributed by atoms with E-state index in [4.69, 9.17) is 4.74 Å². The molecule has 126 valence electrons. The summed E-state index contributed by atoms with van der Waals surface area (Å²) in [6.07, 6.45) is 0.927. The van der Waals surface area contributed by atoms with Crippen LogP contribution in [0.4, 0.5) is 0 Å². The highest BCUT2D eigenvalue weighted by Gasteiger charge is 2.25. The second-order valence-corrected chi connectivity index (χ2v) is 5.88. The van der Waals surface area contributed by atoms with Crippen LogP contribution in [-0.4, -0.2) is 58.5 Å². The van der Waals surface area contributed by atoms with Gasteiger partial charge < -0.3 is 14.7 Å². The Morgan fingerprint density at radius 2 is 2.12 bits per heavy atom. The molecule has 1 fully saturated rings. The van der Waals surface area contributed by atoms with E-state index in [1.807, 2.05) is 18.2 Å². The number of ether oxygens (including phenoxy) is 1. The van der Waals surface area contributed by atoms with E-state index in [9.17, 15) is 14.7 Å². The molecule has 2 heterocycles. The number of carboxylic acids is 1. The van der Waals surface area contributed by atoms with E-state index in [2.05, 4.69) is 5.10 Å². The lowest BCUT2D eigenvalue weighted by atomic mass is 10.1. The average Bonchev–Trinajstić information content (AvgIpc) is 3.24. The molecule has 1 saturated heterocycles. The van der Waals surface area contributed by atoms with Gasteiger partial charge in [0.1, 0.15) is 5.69 Å². The third-order valence-corrected chi connectivity index (χ3v) is 4.05. The number of carbonyl (C=O) groups is 2. The summed E-state index contributed by atoms with van der Waals surface area (Å²) in [5, 5.41) is 13.3. The standard InChI is InChI=1S/C17H19N3O4/c1-19(10-12-7-8-24-11-12)16(21)15-9-14(17(22)23)18-20(15)13-5-3-2-4-6-13/h2-6,9,12H,7-8,10-11H2,1H3,(H,22,23)/t12-/m0/s1. The molecule has 1 amide bonds. The zero-order valence-corrected chi connectivity index (χ0v) is 13.4. The number of nitrogens with zero attached hydrogens (tertiary/aromatic N) is 3. The largest absolute Gasteiger partial charge is 0.476 e. The summed E-state index contributed by atoms with van der Waals surface area (Å²) < 4.78 is 6.72. The molecule has 0 unspecified atom stereocenters. The highest BCUT2D eigenvalue weighted by atomic mass is 16.5. The van der Waals surface area contributed by atoms with Crippen molar-refractivity contribution < 1.29 is 19.4 Å². The van der Waals surface area contributed by atoms with E-state index < -0.39 is 5.97 Å². The van der Waals surface area contributed by atoms with Crippen molar-refractivity contribution in [3.05, 3.63) is 47.8 Å². The molecule has 1 aromatic heterocycles. The van der Waals surface area contributed by atoms with Gasteiger partial charge in [-0.1, -0.05) is 18.2 Å². The highest BCUT2D eigenvalue weighted by Crippen LogP contribution is 2.17. The van der Waals surface area contributed by atoms with Crippen LogP contribution in [-0.2, 0) is 4.74 Å². The Bertz CT molecular complexity index is 736. The van der Waals surface area contributed by atoms with Crippen LogP contribution in [0.1, 0.15) is 27.4 Å². The molecular formula is C17H19N3O4. The highest BCUT2D eigenvalue weighted by molar-refractivity contribution is 5.96. The van der Waals surface area contributed by atoms with E-state index in [1.54, 1.807) is 24.1 Å². The minimum absolute atomic E-state index is 0.153. The van der Waals surface area contributed by atoms with Crippen molar-refractivity contribution in [1.82, 2.24) is 14.7 Å². The van der Waals surface area contributed by atoms with E-state index in [-0.39, 0.29) is 17.3 Å². The molecule has 1 aliphatic heterocycles. The van der Waals surface area contributed by atoms with E-state index in [0.717, 1.165) is 13.0 Å². The molecule has 1 aromatic carbocycles. The quantitative estimate of drug-likeness (QED) is 0.902. The van der Waals surface area contributed by atoms with Gasteiger partial charge in [-0.25, -0.2) is 9.48 Å². The summed E-state index contributed by atoms with van der Waals surface area (Å²) in [5.41, 5.74) is 0.728. The van der Waals surface area contributed by atoms with Crippen LogP contribution < -0.4 is 0 Å². The predicted molar refractivity (Wildman–Crippen MR) is 86.4 cm³/mol. The van der Waals surface area contributed by atoms with Crippen molar-refractivity contribution in [1.29, 1.82) is 0 Å². The second kappa shape index (κ2) is 6.84. The number of hydrogen-bond acceptors (Lipinski definition) is 4. The van der Waals surface area contributed by atoms with Gasteiger partial charge in [-0.05, 0) is 18.6 Å². The minimum atomic E-state index is -1.16. The molecule has 0 radical (unpaired) electrons. The van der Waals surface area contributed by atoms with Crippen LogP contribution in [0.3, 0.4) is 0 Å². The van der Waals surface area contributed by atoms with Crippen molar-refractivity contribution in [2.24, 2.45) is 5.92 Å². The van der Waals surface area contributed by atoms with Gasteiger partial charge in [0.15, 0.2) is 5.69 Å². The molecule has 0 saturated carbocycles. The number of carbonyl (C=O) groups excluding carboxylic acids is 1. The summed E-state index contributed by atoms with van der Waals surface area (Å²) >= 11 is 0. The molecule has 0 aliphatic carbocycles. The van der Waals surface area contributed by atoms with Crippen LogP contribution in [0.15, 0.2) is 36.4 Å². The van der Waals surface area contributed by atoms with Gasteiger partial charge in [0.2, 0.25) is 0 Å². The van der Waals surface area contributed by atoms with Crippen molar-refractivity contribution in [2.75, 3.05) is 26.8 Å². The minimum Gasteiger partial charge on any atom is -0.476 e. The Kier molecular flexibility index (Phi) is 4.61. The first kappa shape index (κ1) is 16.2. The topological polar surface area (TPSA) is 84.7 Å². The maximum Gasteiger partial charge on any atom is 0.356 e. The Morgan fingerprint density at radius 3 is 2.75 bits per heavy atom. The van der Waals surface area contributed by atoms with Gasteiger partial charge in [-0.15, -0.1) is 0 Å². The molecule has 0 bridgehead atoms. The zero-order valence-electron chi connectivity index (χ0n) is 13.4. The molecule has 1 aliphatic rings. The van der Waals surface area contributed by atoms with Crippen LogP contribution in [0, 0.1) is 5.92 Å². The summed E-state index contributed by atoms with van der Waals surface area (Å²) in [6, 6.07) is 10.3. The number of amides is 1. The Morgan fingerprint density at radius 1 is 1.38 bits per heavy atom. The summed E-state index contributed by atoms with van der Waals surface area (Å²) in [4.78, 5) is 25.6. The normalized spacial score (nSPS) is 17.0. The Hall–Kier alpha value is -2.67. The van der Waals surface area contributed by atoms with E-state index >= 15 is 0 Å². The average molecular weight is 329 g/mol. The number of carboxylic acid groups (broad SMARTS) is 1. The maximum absolute atomic E-state index is 12.8. The first-order chi connectivity index (χ1) is 11.6. The zero-order chi connectivity index (χ0) is 17.1.